The van der Waals surface area contributed by atoms with Gasteiger partial charge in [0.25, 0.3) is 6.71 Å². The average Bonchev–Trinajstić information content (AvgIpc) is 4.02. The molecule has 12 rings (SSSR count). The van der Waals surface area contributed by atoms with Crippen LogP contribution in [0.1, 0.15) is 69.4 Å². The van der Waals surface area contributed by atoms with E-state index in [2.05, 4.69) is 181 Å². The summed E-state index contributed by atoms with van der Waals surface area (Å²) in [6.45, 7) is 20.4. The highest BCUT2D eigenvalue weighted by Gasteiger charge is 2.47. The fourth-order valence-electron chi connectivity index (χ4n) is 10.7. The van der Waals surface area contributed by atoms with Gasteiger partial charge in [0.2, 0.25) is 0 Å². The van der Waals surface area contributed by atoms with Gasteiger partial charge in [-0.05, 0) is 136 Å². The molecular formula is C59H51BN2O3. The van der Waals surface area contributed by atoms with E-state index in [1.54, 1.807) is 0 Å². The van der Waals surface area contributed by atoms with Crippen LogP contribution in [0.25, 0.3) is 55.2 Å². The molecule has 318 valence electrons. The molecule has 0 bridgehead atoms. The Morgan fingerprint density at radius 3 is 1.69 bits per heavy atom. The van der Waals surface area contributed by atoms with E-state index in [-0.39, 0.29) is 17.5 Å². The van der Waals surface area contributed by atoms with Crippen molar-refractivity contribution in [2.45, 2.75) is 73.1 Å². The third-order valence-electron chi connectivity index (χ3n) is 14.0. The van der Waals surface area contributed by atoms with E-state index in [4.69, 9.17) is 13.3 Å². The van der Waals surface area contributed by atoms with Crippen molar-refractivity contribution in [3.8, 4) is 22.3 Å². The van der Waals surface area contributed by atoms with Crippen molar-refractivity contribution < 1.29 is 13.3 Å². The Kier molecular flexibility index (Phi) is 8.44. The fourth-order valence-corrected chi connectivity index (χ4v) is 10.7. The van der Waals surface area contributed by atoms with Gasteiger partial charge in [0.1, 0.15) is 16.7 Å². The number of anilines is 6. The number of hydrogen-bond donors (Lipinski definition) is 0. The summed E-state index contributed by atoms with van der Waals surface area (Å²) < 4.78 is 19.5. The highest BCUT2D eigenvalue weighted by Crippen LogP contribution is 2.50. The molecule has 0 saturated carbocycles. The monoisotopic (exact) mass is 846 g/mol. The number of nitrogens with zero attached hydrogens (tertiary/aromatic N) is 2. The third kappa shape index (κ3) is 5.99. The Labute approximate surface area is 381 Å². The number of para-hydroxylation sites is 2. The number of furan rings is 3. The lowest BCUT2D eigenvalue weighted by molar-refractivity contribution is 0.589. The van der Waals surface area contributed by atoms with Gasteiger partial charge in [-0.1, -0.05) is 120 Å². The predicted octanol–water partition coefficient (Wildman–Crippen LogP) is 14.9. The standard InChI is InChI=1S/C59H51BN2O3/c1-34-26-49-54-50(27-34)62(55-35(2)28-40(29-36(55)3)59(7,8)9)56-44-31-39(58(4,5)6)21-25-53(44)65-57(56)60(54)47-30-38(46-33-64-52-17-13-11-15-43(46)52)20-24-48(47)61(49)41-22-18-37(19-23-41)45-32-63-51-16-12-10-14-42(45)51/h10-33H,1-9H3. The van der Waals surface area contributed by atoms with Crippen LogP contribution in [0.4, 0.5) is 34.1 Å². The zero-order chi connectivity index (χ0) is 44.7. The van der Waals surface area contributed by atoms with Gasteiger partial charge in [-0.3, -0.25) is 0 Å². The fraction of sp³-hybridized carbons (Fsp3) is 0.186. The topological polar surface area (TPSA) is 45.9 Å². The van der Waals surface area contributed by atoms with Crippen molar-refractivity contribution in [3.63, 3.8) is 0 Å². The van der Waals surface area contributed by atoms with Gasteiger partial charge in [0.15, 0.2) is 0 Å². The van der Waals surface area contributed by atoms with Gasteiger partial charge in [0, 0.05) is 50.0 Å². The van der Waals surface area contributed by atoms with Crippen LogP contribution in [-0.4, -0.2) is 6.71 Å². The maximum Gasteiger partial charge on any atom is 0.297 e. The number of benzene rings is 7. The summed E-state index contributed by atoms with van der Waals surface area (Å²) in [6, 6.07) is 48.9. The molecule has 65 heavy (non-hydrogen) atoms. The lowest BCUT2D eigenvalue weighted by Gasteiger charge is -2.43. The number of rotatable bonds is 4. The minimum Gasteiger partial charge on any atom is -0.468 e. The summed E-state index contributed by atoms with van der Waals surface area (Å²) in [5.74, 6) is 0. The first-order valence-corrected chi connectivity index (χ1v) is 22.8. The lowest BCUT2D eigenvalue weighted by atomic mass is 9.35. The maximum absolute atomic E-state index is 7.35. The van der Waals surface area contributed by atoms with Gasteiger partial charge < -0.3 is 23.1 Å². The molecule has 0 radical (unpaired) electrons. The molecule has 0 N–H and O–H groups in total. The maximum atomic E-state index is 7.35. The van der Waals surface area contributed by atoms with E-state index < -0.39 is 0 Å². The van der Waals surface area contributed by atoms with Gasteiger partial charge in [-0.25, -0.2) is 0 Å². The first-order chi connectivity index (χ1) is 31.2. The van der Waals surface area contributed by atoms with Crippen molar-refractivity contribution in [1.29, 1.82) is 0 Å². The third-order valence-corrected chi connectivity index (χ3v) is 14.0. The van der Waals surface area contributed by atoms with Crippen LogP contribution >= 0.6 is 0 Å². The second kappa shape index (κ2) is 13.9. The predicted molar refractivity (Wildman–Crippen MR) is 272 cm³/mol. The second-order valence-corrected chi connectivity index (χ2v) is 20.4. The summed E-state index contributed by atoms with van der Waals surface area (Å²) >= 11 is 0. The molecule has 10 aromatic rings. The van der Waals surface area contributed by atoms with E-state index >= 15 is 0 Å². The summed E-state index contributed by atoms with van der Waals surface area (Å²) in [7, 11) is 0. The van der Waals surface area contributed by atoms with E-state index in [0.29, 0.717) is 0 Å². The van der Waals surface area contributed by atoms with Gasteiger partial charge >= 0.3 is 0 Å². The van der Waals surface area contributed by atoms with Crippen molar-refractivity contribution in [2.24, 2.45) is 0 Å². The van der Waals surface area contributed by atoms with Gasteiger partial charge in [-0.15, -0.1) is 0 Å². The summed E-state index contributed by atoms with van der Waals surface area (Å²) in [5.41, 5.74) is 23.4. The normalized spacial score (nSPS) is 13.5. The zero-order valence-electron chi connectivity index (χ0n) is 38.6. The summed E-state index contributed by atoms with van der Waals surface area (Å²) in [5, 5.41) is 3.33. The van der Waals surface area contributed by atoms with Crippen LogP contribution in [0.15, 0.2) is 159 Å². The quantitative estimate of drug-likeness (QED) is 0.165. The Morgan fingerprint density at radius 1 is 0.477 bits per heavy atom. The summed E-state index contributed by atoms with van der Waals surface area (Å²) in [6.07, 6.45) is 3.78. The molecule has 0 fully saturated rings. The van der Waals surface area contributed by atoms with Gasteiger partial charge in [-0.2, -0.15) is 0 Å². The molecule has 0 spiro atoms. The molecule has 0 unspecified atom stereocenters. The molecule has 5 heterocycles. The van der Waals surface area contributed by atoms with E-state index in [1.807, 2.05) is 36.8 Å². The van der Waals surface area contributed by atoms with Crippen LogP contribution in [-0.2, 0) is 10.8 Å². The Hall–Kier alpha value is -7.18. The first kappa shape index (κ1) is 39.4. The number of aryl methyl sites for hydroxylation is 3. The van der Waals surface area contributed by atoms with E-state index in [0.717, 1.165) is 83.6 Å². The van der Waals surface area contributed by atoms with Crippen LogP contribution in [0.3, 0.4) is 0 Å². The minimum absolute atomic E-state index is 0.00113. The van der Waals surface area contributed by atoms with Crippen molar-refractivity contribution in [3.05, 3.63) is 174 Å². The Bertz CT molecular complexity index is 3550. The highest BCUT2D eigenvalue weighted by molar-refractivity contribution is 7.00. The number of fused-ring (bicyclic) bond motifs is 8. The Morgan fingerprint density at radius 2 is 1.06 bits per heavy atom. The average molecular weight is 847 g/mol. The van der Waals surface area contributed by atoms with Crippen LogP contribution < -0.4 is 26.4 Å². The van der Waals surface area contributed by atoms with Crippen molar-refractivity contribution in [1.82, 2.24) is 0 Å². The molecule has 7 aromatic carbocycles. The second-order valence-electron chi connectivity index (χ2n) is 20.4. The molecule has 0 atom stereocenters. The van der Waals surface area contributed by atoms with E-state index in [1.165, 1.54) is 50.1 Å². The molecule has 5 nitrogen and oxygen atoms in total. The number of hydrogen-bond acceptors (Lipinski definition) is 5. The lowest BCUT2D eigenvalue weighted by Crippen LogP contribution is -2.61. The van der Waals surface area contributed by atoms with E-state index in [9.17, 15) is 0 Å². The van der Waals surface area contributed by atoms with Gasteiger partial charge in [0.05, 0.1) is 29.6 Å². The molecule has 3 aromatic heterocycles. The van der Waals surface area contributed by atoms with Crippen molar-refractivity contribution >= 4 is 90.3 Å². The molecule has 2 aliphatic heterocycles. The molecule has 0 saturated heterocycles. The zero-order valence-corrected chi connectivity index (χ0v) is 38.6. The molecule has 0 amide bonds. The minimum atomic E-state index is -0.201. The highest BCUT2D eigenvalue weighted by atomic mass is 16.3. The summed E-state index contributed by atoms with van der Waals surface area (Å²) in [4.78, 5) is 5.02. The first-order valence-electron chi connectivity index (χ1n) is 22.8. The Balaban J connectivity index is 1.15. The SMILES string of the molecule is Cc1cc2c3c(c1)N(c1c(C)cc(C(C)(C)C)cc1C)c1c(oc4ccc(C(C)(C)C)cc14)B3c1cc(-c3coc4ccccc34)ccc1N2c1ccc(-c2coc3ccccc23)cc1. The molecule has 6 heteroatoms. The molecule has 2 aliphatic rings. The molecular weight excluding hydrogens is 795 g/mol. The van der Waals surface area contributed by atoms with Crippen LogP contribution in [0.5, 0.6) is 0 Å². The molecule has 0 aliphatic carbocycles. The van der Waals surface area contributed by atoms with Crippen LogP contribution in [0.2, 0.25) is 0 Å². The van der Waals surface area contributed by atoms with Crippen molar-refractivity contribution in [2.75, 3.05) is 9.80 Å². The smallest absolute Gasteiger partial charge is 0.297 e. The largest absolute Gasteiger partial charge is 0.468 e. The van der Waals surface area contributed by atoms with Crippen LogP contribution in [0, 0.1) is 20.8 Å².